The first-order chi connectivity index (χ1) is 12.7. The number of benzene rings is 1. The molecule has 1 heterocycles. The molecule has 0 radical (unpaired) electrons. The Labute approximate surface area is 157 Å². The Morgan fingerprint density at radius 2 is 2.04 bits per heavy atom. The number of alkyl halides is 2. The van der Waals surface area contributed by atoms with Gasteiger partial charge < -0.3 is 25.2 Å². The number of nitrogens with one attached hydrogen (secondary N) is 2. The monoisotopic (exact) mass is 384 g/mol. The highest BCUT2D eigenvalue weighted by molar-refractivity contribution is 5.76. The molecule has 0 aromatic heterocycles. The average Bonchev–Trinajstić information content (AvgIpc) is 3.30. The Bertz CT molecular complexity index is 674. The van der Waals surface area contributed by atoms with Crippen molar-refractivity contribution in [1.82, 2.24) is 10.6 Å². The normalized spacial score (nSPS) is 21.0. The predicted octanol–water partition coefficient (Wildman–Crippen LogP) is 3.00. The molecular formula is C19H26F2N2O4. The Kier molecular flexibility index (Phi) is 5.74. The molecule has 27 heavy (non-hydrogen) atoms. The second kappa shape index (κ2) is 7.88. The molecule has 8 heteroatoms. The molecule has 6 nitrogen and oxygen atoms in total. The lowest BCUT2D eigenvalue weighted by atomic mass is 9.83. The summed E-state index contributed by atoms with van der Waals surface area (Å²) in [5.74, 6) is 0.495. The van der Waals surface area contributed by atoms with Crippen molar-refractivity contribution in [3.8, 4) is 11.5 Å². The van der Waals surface area contributed by atoms with E-state index >= 15 is 0 Å². The first-order valence-electron chi connectivity index (χ1n) is 9.19. The van der Waals surface area contributed by atoms with Crippen LogP contribution in [0.15, 0.2) is 18.2 Å². The van der Waals surface area contributed by atoms with Crippen LogP contribution in [-0.4, -0.2) is 42.5 Å². The van der Waals surface area contributed by atoms with Gasteiger partial charge >= 0.3 is 12.6 Å². The molecule has 1 saturated carbocycles. The lowest BCUT2D eigenvalue weighted by Crippen LogP contribution is -2.36. The maximum Gasteiger partial charge on any atom is 0.387 e. The van der Waals surface area contributed by atoms with Crippen LogP contribution in [0, 0.1) is 5.92 Å². The number of carbonyl (C=O) groups is 1. The third kappa shape index (κ3) is 5.69. The van der Waals surface area contributed by atoms with Gasteiger partial charge in [-0.05, 0) is 56.7 Å². The van der Waals surface area contributed by atoms with Crippen molar-refractivity contribution in [1.29, 1.82) is 0 Å². The third-order valence-electron chi connectivity index (χ3n) is 4.79. The summed E-state index contributed by atoms with van der Waals surface area (Å²) in [6, 6.07) is 4.35. The first-order valence-corrected chi connectivity index (χ1v) is 9.19. The fourth-order valence-electron chi connectivity index (χ4n) is 3.30. The van der Waals surface area contributed by atoms with E-state index in [1.165, 1.54) is 6.07 Å². The summed E-state index contributed by atoms with van der Waals surface area (Å²) in [5, 5.41) is 15.9. The number of aliphatic hydroxyl groups is 1. The van der Waals surface area contributed by atoms with Crippen LogP contribution in [0.3, 0.4) is 0 Å². The van der Waals surface area contributed by atoms with Crippen molar-refractivity contribution in [3.63, 3.8) is 0 Å². The number of halogens is 2. The van der Waals surface area contributed by atoms with Gasteiger partial charge in [0.15, 0.2) is 11.5 Å². The van der Waals surface area contributed by atoms with E-state index in [-0.39, 0.29) is 29.5 Å². The number of ether oxygens (including phenoxy) is 2. The fourth-order valence-corrected chi connectivity index (χ4v) is 3.30. The topological polar surface area (TPSA) is 79.8 Å². The van der Waals surface area contributed by atoms with Crippen molar-refractivity contribution >= 4 is 6.03 Å². The largest absolute Gasteiger partial charge is 0.489 e. The van der Waals surface area contributed by atoms with E-state index in [0.29, 0.717) is 25.5 Å². The zero-order chi connectivity index (χ0) is 19.6. The minimum atomic E-state index is -2.94. The lowest BCUT2D eigenvalue weighted by molar-refractivity contribution is -0.0515. The molecule has 1 aromatic carbocycles. The highest BCUT2D eigenvalue weighted by Gasteiger charge is 2.34. The molecule has 1 saturated heterocycles. The number of hydrogen-bond acceptors (Lipinski definition) is 4. The molecule has 1 aromatic rings. The SMILES string of the molecule is CC(C)(O)CC(c1ccc(OC(F)F)c(OCC2CC2)c1)C1CNC(=O)N1. The van der Waals surface area contributed by atoms with Crippen LogP contribution in [0.4, 0.5) is 13.6 Å². The molecule has 0 spiro atoms. The van der Waals surface area contributed by atoms with Crippen LogP contribution in [0.1, 0.15) is 44.6 Å². The summed E-state index contributed by atoms with van der Waals surface area (Å²) in [6.45, 7) is 1.34. The zero-order valence-electron chi connectivity index (χ0n) is 15.5. The van der Waals surface area contributed by atoms with Crippen LogP contribution in [0.25, 0.3) is 0 Å². The lowest BCUT2D eigenvalue weighted by Gasteiger charge is -2.29. The van der Waals surface area contributed by atoms with E-state index < -0.39 is 12.2 Å². The summed E-state index contributed by atoms with van der Waals surface area (Å²) in [6.07, 6.45) is 2.54. The minimum absolute atomic E-state index is 0.00927. The van der Waals surface area contributed by atoms with Crippen molar-refractivity contribution in [3.05, 3.63) is 23.8 Å². The molecule has 2 atom stereocenters. The minimum Gasteiger partial charge on any atom is -0.489 e. The van der Waals surface area contributed by atoms with Crippen molar-refractivity contribution in [2.24, 2.45) is 5.92 Å². The Morgan fingerprint density at radius 1 is 1.30 bits per heavy atom. The van der Waals surface area contributed by atoms with Gasteiger partial charge in [-0.3, -0.25) is 0 Å². The first kappa shape index (κ1) is 19.7. The summed E-state index contributed by atoms with van der Waals surface area (Å²) < 4.78 is 35.8. The Hall–Kier alpha value is -2.09. The van der Waals surface area contributed by atoms with Crippen molar-refractivity contribution < 1.29 is 28.2 Å². The number of urea groups is 1. The molecule has 3 rings (SSSR count). The van der Waals surface area contributed by atoms with Crippen LogP contribution < -0.4 is 20.1 Å². The molecule has 2 unspecified atom stereocenters. The molecule has 2 fully saturated rings. The van der Waals surface area contributed by atoms with Crippen molar-refractivity contribution in [2.75, 3.05) is 13.2 Å². The van der Waals surface area contributed by atoms with Crippen LogP contribution >= 0.6 is 0 Å². The van der Waals surface area contributed by atoms with Gasteiger partial charge in [0, 0.05) is 12.5 Å². The fraction of sp³-hybridized carbons (Fsp3) is 0.632. The summed E-state index contributed by atoms with van der Waals surface area (Å²) in [7, 11) is 0. The van der Waals surface area contributed by atoms with Crippen LogP contribution in [-0.2, 0) is 0 Å². The van der Waals surface area contributed by atoms with E-state index in [1.807, 2.05) is 0 Å². The molecule has 0 bridgehead atoms. The average molecular weight is 384 g/mol. The predicted molar refractivity (Wildman–Crippen MR) is 95.3 cm³/mol. The van der Waals surface area contributed by atoms with E-state index in [2.05, 4.69) is 15.4 Å². The van der Waals surface area contributed by atoms with Crippen molar-refractivity contribution in [2.45, 2.75) is 57.3 Å². The standard InChI is InChI=1S/C19H26F2N2O4/c1-19(2,25)8-13(14-9-22-18(24)23-14)12-5-6-15(27-17(20)21)16(7-12)26-10-11-3-4-11/h5-7,11,13-14,17,25H,3-4,8-10H2,1-2H3,(H2,22,23,24). The molecule has 3 N–H and O–H groups in total. The molecular weight excluding hydrogens is 358 g/mol. The van der Waals surface area contributed by atoms with Gasteiger partial charge in [-0.15, -0.1) is 0 Å². The molecule has 150 valence electrons. The highest BCUT2D eigenvalue weighted by atomic mass is 19.3. The smallest absolute Gasteiger partial charge is 0.387 e. The summed E-state index contributed by atoms with van der Waals surface area (Å²) >= 11 is 0. The van der Waals surface area contributed by atoms with Gasteiger partial charge in [0.05, 0.1) is 18.2 Å². The van der Waals surface area contributed by atoms with Gasteiger partial charge in [-0.25, -0.2) is 4.79 Å². The quantitative estimate of drug-likeness (QED) is 0.612. The Morgan fingerprint density at radius 3 is 2.59 bits per heavy atom. The third-order valence-corrected chi connectivity index (χ3v) is 4.79. The maximum absolute atomic E-state index is 12.7. The molecule has 1 aliphatic heterocycles. The van der Waals surface area contributed by atoms with Gasteiger partial charge in [-0.2, -0.15) is 8.78 Å². The summed E-state index contributed by atoms with van der Waals surface area (Å²) in [5.41, 5.74) is -0.177. The summed E-state index contributed by atoms with van der Waals surface area (Å²) in [4.78, 5) is 11.6. The van der Waals surface area contributed by atoms with Crippen LogP contribution in [0.5, 0.6) is 11.5 Å². The number of rotatable bonds is 9. The number of carbonyl (C=O) groups excluding carboxylic acids is 1. The molecule has 2 amide bonds. The second-order valence-electron chi connectivity index (χ2n) is 7.92. The van der Waals surface area contributed by atoms with E-state index in [4.69, 9.17) is 4.74 Å². The number of hydrogen-bond donors (Lipinski definition) is 3. The van der Waals surface area contributed by atoms with Gasteiger partial charge in [0.2, 0.25) is 0 Å². The van der Waals surface area contributed by atoms with E-state index in [0.717, 1.165) is 18.4 Å². The van der Waals surface area contributed by atoms with E-state index in [1.54, 1.807) is 26.0 Å². The Balaban J connectivity index is 1.87. The number of amides is 2. The zero-order valence-corrected chi connectivity index (χ0v) is 15.5. The van der Waals surface area contributed by atoms with Gasteiger partial charge in [0.1, 0.15) is 0 Å². The molecule has 2 aliphatic rings. The van der Waals surface area contributed by atoms with Crippen LogP contribution in [0.2, 0.25) is 0 Å². The maximum atomic E-state index is 12.7. The highest BCUT2D eigenvalue weighted by Crippen LogP contribution is 2.38. The second-order valence-corrected chi connectivity index (χ2v) is 7.92. The van der Waals surface area contributed by atoms with E-state index in [9.17, 15) is 18.7 Å². The van der Waals surface area contributed by atoms with Gasteiger partial charge in [0.25, 0.3) is 0 Å². The van der Waals surface area contributed by atoms with Gasteiger partial charge in [-0.1, -0.05) is 6.07 Å². The molecule has 1 aliphatic carbocycles.